The number of benzene rings is 1. The highest BCUT2D eigenvalue weighted by atomic mass is 16.2. The molecular formula is C23H28N4O. The van der Waals surface area contributed by atoms with Gasteiger partial charge in [-0.25, -0.2) is 0 Å². The molecule has 146 valence electrons. The summed E-state index contributed by atoms with van der Waals surface area (Å²) in [7, 11) is 1.88. The SMILES string of the molecule is Cc1cc(C(=O)N(CCc2c[nH]c3ccccc23)C[C@@H]2CC=CCC2)nn1C. The number of aromatic amines is 1. The van der Waals surface area contributed by atoms with Crippen LogP contribution in [0.25, 0.3) is 10.9 Å². The Kier molecular flexibility index (Phi) is 5.33. The molecule has 5 nitrogen and oxygen atoms in total. The van der Waals surface area contributed by atoms with E-state index in [-0.39, 0.29) is 5.91 Å². The van der Waals surface area contributed by atoms with Crippen molar-refractivity contribution in [2.45, 2.75) is 32.6 Å². The van der Waals surface area contributed by atoms with Gasteiger partial charge in [0, 0.05) is 42.9 Å². The summed E-state index contributed by atoms with van der Waals surface area (Å²) in [6, 6.07) is 10.2. The average molecular weight is 377 g/mol. The lowest BCUT2D eigenvalue weighted by molar-refractivity contribution is 0.0719. The number of carbonyl (C=O) groups excluding carboxylic acids is 1. The third-order valence-electron chi connectivity index (χ3n) is 5.80. The zero-order chi connectivity index (χ0) is 19.5. The highest BCUT2D eigenvalue weighted by Crippen LogP contribution is 2.22. The molecule has 3 aromatic rings. The van der Waals surface area contributed by atoms with Crippen LogP contribution in [0.2, 0.25) is 0 Å². The molecule has 2 aromatic heterocycles. The normalized spacial score (nSPS) is 16.6. The van der Waals surface area contributed by atoms with Crippen molar-refractivity contribution >= 4 is 16.8 Å². The summed E-state index contributed by atoms with van der Waals surface area (Å²) in [5.41, 5.74) is 3.95. The van der Waals surface area contributed by atoms with Crippen LogP contribution in [0.4, 0.5) is 0 Å². The number of rotatable bonds is 6. The topological polar surface area (TPSA) is 53.9 Å². The van der Waals surface area contributed by atoms with Gasteiger partial charge in [0.2, 0.25) is 0 Å². The summed E-state index contributed by atoms with van der Waals surface area (Å²) in [4.78, 5) is 18.6. The molecule has 28 heavy (non-hydrogen) atoms. The zero-order valence-electron chi connectivity index (χ0n) is 16.7. The van der Waals surface area contributed by atoms with Crippen LogP contribution in [0.1, 0.15) is 41.0 Å². The summed E-state index contributed by atoms with van der Waals surface area (Å²) in [6.45, 7) is 3.48. The zero-order valence-corrected chi connectivity index (χ0v) is 16.7. The minimum atomic E-state index is 0.0399. The van der Waals surface area contributed by atoms with E-state index in [1.54, 1.807) is 4.68 Å². The molecule has 0 unspecified atom stereocenters. The lowest BCUT2D eigenvalue weighted by Gasteiger charge is -2.28. The van der Waals surface area contributed by atoms with Crippen LogP contribution in [0.15, 0.2) is 48.7 Å². The van der Waals surface area contributed by atoms with Gasteiger partial charge in [-0.1, -0.05) is 30.4 Å². The number of carbonyl (C=O) groups is 1. The Bertz CT molecular complexity index is 978. The first-order valence-corrected chi connectivity index (χ1v) is 10.1. The Labute approximate surface area is 166 Å². The standard InChI is InChI=1S/C23H28N4O/c1-17-14-22(25-26(17)2)23(28)27(16-18-8-4-3-5-9-18)13-12-19-15-24-21-11-7-6-10-20(19)21/h3-4,6-7,10-11,14-15,18,24H,5,8-9,12-13,16H2,1-2H3/t18-/m1/s1. The minimum absolute atomic E-state index is 0.0399. The van der Waals surface area contributed by atoms with E-state index in [1.807, 2.05) is 31.0 Å². The molecule has 1 atom stereocenters. The number of allylic oxidation sites excluding steroid dienone is 2. The Morgan fingerprint density at radius 3 is 2.93 bits per heavy atom. The molecule has 1 aliphatic rings. The summed E-state index contributed by atoms with van der Waals surface area (Å²) in [5, 5.41) is 5.66. The van der Waals surface area contributed by atoms with E-state index in [0.29, 0.717) is 18.2 Å². The molecule has 5 heteroatoms. The summed E-state index contributed by atoms with van der Waals surface area (Å²) in [6.07, 6.45) is 10.7. The van der Waals surface area contributed by atoms with Gasteiger partial charge in [-0.2, -0.15) is 5.10 Å². The first kappa shape index (κ1) is 18.5. The Morgan fingerprint density at radius 2 is 2.18 bits per heavy atom. The molecule has 1 N–H and O–H groups in total. The Hall–Kier alpha value is -2.82. The van der Waals surface area contributed by atoms with Crippen LogP contribution in [0.5, 0.6) is 0 Å². The largest absolute Gasteiger partial charge is 0.361 e. The van der Waals surface area contributed by atoms with Crippen LogP contribution in [0, 0.1) is 12.8 Å². The van der Waals surface area contributed by atoms with Gasteiger partial charge in [0.25, 0.3) is 5.91 Å². The van der Waals surface area contributed by atoms with Crippen LogP contribution < -0.4 is 0 Å². The van der Waals surface area contributed by atoms with E-state index in [4.69, 9.17) is 0 Å². The molecule has 4 rings (SSSR count). The summed E-state index contributed by atoms with van der Waals surface area (Å²) < 4.78 is 1.77. The first-order valence-electron chi connectivity index (χ1n) is 10.1. The van der Waals surface area contributed by atoms with Crippen LogP contribution in [-0.2, 0) is 13.5 Å². The number of hydrogen-bond donors (Lipinski definition) is 1. The number of nitrogens with one attached hydrogen (secondary N) is 1. The van der Waals surface area contributed by atoms with E-state index in [0.717, 1.165) is 43.4 Å². The fraction of sp³-hybridized carbons (Fsp3) is 0.391. The van der Waals surface area contributed by atoms with Crippen molar-refractivity contribution in [2.75, 3.05) is 13.1 Å². The molecule has 0 bridgehead atoms. The molecule has 1 aliphatic carbocycles. The van der Waals surface area contributed by atoms with Crippen molar-refractivity contribution in [3.63, 3.8) is 0 Å². The van der Waals surface area contributed by atoms with Crippen molar-refractivity contribution in [2.24, 2.45) is 13.0 Å². The smallest absolute Gasteiger partial charge is 0.274 e. The van der Waals surface area contributed by atoms with Crippen molar-refractivity contribution in [1.82, 2.24) is 19.7 Å². The number of nitrogens with zero attached hydrogens (tertiary/aromatic N) is 3. The molecule has 0 spiro atoms. The quantitative estimate of drug-likeness (QED) is 0.654. The summed E-state index contributed by atoms with van der Waals surface area (Å²) >= 11 is 0. The predicted molar refractivity (Wildman–Crippen MR) is 112 cm³/mol. The van der Waals surface area contributed by atoms with Gasteiger partial charge in [0.1, 0.15) is 0 Å². The number of H-pyrrole nitrogens is 1. The van der Waals surface area contributed by atoms with Gasteiger partial charge in [-0.05, 0) is 56.2 Å². The number of aryl methyl sites for hydroxylation is 2. The van der Waals surface area contributed by atoms with Gasteiger partial charge < -0.3 is 9.88 Å². The Balaban J connectivity index is 1.53. The summed E-state index contributed by atoms with van der Waals surface area (Å²) in [5.74, 6) is 0.569. The number of aromatic nitrogens is 3. The number of para-hydroxylation sites is 1. The van der Waals surface area contributed by atoms with E-state index >= 15 is 0 Å². The molecule has 1 amide bonds. The highest BCUT2D eigenvalue weighted by molar-refractivity contribution is 5.92. The van der Waals surface area contributed by atoms with Gasteiger partial charge in [0.05, 0.1) is 0 Å². The van der Waals surface area contributed by atoms with Crippen LogP contribution in [-0.4, -0.2) is 38.7 Å². The van der Waals surface area contributed by atoms with Gasteiger partial charge >= 0.3 is 0 Å². The Morgan fingerprint density at radius 1 is 1.32 bits per heavy atom. The molecule has 0 saturated heterocycles. The maximum Gasteiger partial charge on any atom is 0.274 e. The van der Waals surface area contributed by atoms with Gasteiger partial charge in [-0.15, -0.1) is 0 Å². The third kappa shape index (κ3) is 3.88. The van der Waals surface area contributed by atoms with Crippen molar-refractivity contribution < 1.29 is 4.79 Å². The fourth-order valence-corrected chi connectivity index (χ4v) is 4.03. The molecule has 2 heterocycles. The van der Waals surface area contributed by atoms with E-state index in [9.17, 15) is 4.79 Å². The van der Waals surface area contributed by atoms with Crippen molar-refractivity contribution in [1.29, 1.82) is 0 Å². The van der Waals surface area contributed by atoms with Crippen molar-refractivity contribution in [3.8, 4) is 0 Å². The molecule has 1 aromatic carbocycles. The maximum absolute atomic E-state index is 13.2. The lowest BCUT2D eigenvalue weighted by Crippen LogP contribution is -2.37. The highest BCUT2D eigenvalue weighted by Gasteiger charge is 2.23. The second-order valence-electron chi connectivity index (χ2n) is 7.81. The average Bonchev–Trinajstić information content (AvgIpc) is 3.28. The number of hydrogen-bond acceptors (Lipinski definition) is 2. The van der Waals surface area contributed by atoms with Crippen LogP contribution >= 0.6 is 0 Å². The molecule has 0 saturated carbocycles. The second-order valence-corrected chi connectivity index (χ2v) is 7.81. The van der Waals surface area contributed by atoms with Crippen LogP contribution in [0.3, 0.4) is 0 Å². The van der Waals surface area contributed by atoms with Gasteiger partial charge in [0.15, 0.2) is 5.69 Å². The number of fused-ring (bicyclic) bond motifs is 1. The molecule has 0 aliphatic heterocycles. The second kappa shape index (κ2) is 8.05. The lowest BCUT2D eigenvalue weighted by atomic mass is 9.93. The predicted octanol–water partition coefficient (Wildman–Crippen LogP) is 4.25. The molecule has 0 fully saturated rings. The van der Waals surface area contributed by atoms with E-state index < -0.39 is 0 Å². The minimum Gasteiger partial charge on any atom is -0.361 e. The van der Waals surface area contributed by atoms with Crippen molar-refractivity contribution in [3.05, 3.63) is 65.6 Å². The van der Waals surface area contributed by atoms with E-state index in [2.05, 4.69) is 46.6 Å². The molecular weight excluding hydrogens is 348 g/mol. The number of amides is 1. The maximum atomic E-state index is 13.2. The molecule has 0 radical (unpaired) electrons. The fourth-order valence-electron chi connectivity index (χ4n) is 4.03. The monoisotopic (exact) mass is 376 g/mol. The van der Waals surface area contributed by atoms with Gasteiger partial charge in [-0.3, -0.25) is 9.48 Å². The third-order valence-corrected chi connectivity index (χ3v) is 5.80. The first-order chi connectivity index (χ1) is 13.6. The van der Waals surface area contributed by atoms with E-state index in [1.165, 1.54) is 10.9 Å².